The predicted octanol–water partition coefficient (Wildman–Crippen LogP) is 1.01. The molecule has 0 bridgehead atoms. The van der Waals surface area contributed by atoms with E-state index in [4.69, 9.17) is 5.21 Å². The standard InChI is InChI=1S/C5H9F2NO/c6-5(7)1-4(2-5)3-8-9/h4,8-9H,1-3H2. The summed E-state index contributed by atoms with van der Waals surface area (Å²) in [5.74, 6) is -2.49. The Morgan fingerprint density at radius 2 is 2.11 bits per heavy atom. The van der Waals surface area contributed by atoms with Crippen LogP contribution in [0.1, 0.15) is 12.8 Å². The Balaban J connectivity index is 2.12. The fourth-order valence-corrected chi connectivity index (χ4v) is 1.06. The largest absolute Gasteiger partial charge is 0.317 e. The molecule has 0 aromatic rings. The maximum Gasteiger partial charge on any atom is 0.248 e. The number of halogens is 2. The first-order chi connectivity index (χ1) is 4.14. The van der Waals surface area contributed by atoms with Gasteiger partial charge in [0.2, 0.25) is 5.92 Å². The minimum absolute atomic E-state index is 0.0370. The number of nitrogens with one attached hydrogen (secondary N) is 1. The molecule has 9 heavy (non-hydrogen) atoms. The first-order valence-corrected chi connectivity index (χ1v) is 2.89. The third kappa shape index (κ3) is 1.59. The number of rotatable bonds is 2. The minimum atomic E-state index is -2.46. The van der Waals surface area contributed by atoms with E-state index in [1.807, 2.05) is 5.48 Å². The Hall–Kier alpha value is -0.220. The molecule has 0 heterocycles. The number of hydroxylamine groups is 1. The van der Waals surface area contributed by atoms with Crippen molar-refractivity contribution in [1.82, 2.24) is 5.48 Å². The molecule has 1 aliphatic rings. The number of hydrogen-bond acceptors (Lipinski definition) is 2. The van der Waals surface area contributed by atoms with Gasteiger partial charge in [0.05, 0.1) is 0 Å². The number of alkyl halides is 2. The van der Waals surface area contributed by atoms with Crippen molar-refractivity contribution in [2.75, 3.05) is 6.54 Å². The fourth-order valence-electron chi connectivity index (χ4n) is 1.06. The third-order valence-corrected chi connectivity index (χ3v) is 1.55. The lowest BCUT2D eigenvalue weighted by Crippen LogP contribution is -2.40. The van der Waals surface area contributed by atoms with Crippen LogP contribution in [0, 0.1) is 5.92 Å². The lowest BCUT2D eigenvalue weighted by atomic mass is 9.81. The summed E-state index contributed by atoms with van der Waals surface area (Å²) in [4.78, 5) is 0. The molecule has 0 amide bonds. The van der Waals surface area contributed by atoms with Gasteiger partial charge in [-0.3, -0.25) is 0 Å². The van der Waals surface area contributed by atoms with Crippen LogP contribution in [-0.4, -0.2) is 17.7 Å². The van der Waals surface area contributed by atoms with Gasteiger partial charge in [-0.1, -0.05) is 0 Å². The Bertz CT molecular complexity index is 99.1. The van der Waals surface area contributed by atoms with E-state index in [0.717, 1.165) is 0 Å². The predicted molar refractivity (Wildman–Crippen MR) is 27.5 cm³/mol. The van der Waals surface area contributed by atoms with E-state index in [0.29, 0.717) is 0 Å². The van der Waals surface area contributed by atoms with Crippen LogP contribution in [0.3, 0.4) is 0 Å². The molecule has 54 valence electrons. The zero-order valence-electron chi connectivity index (χ0n) is 4.90. The van der Waals surface area contributed by atoms with Crippen molar-refractivity contribution in [1.29, 1.82) is 0 Å². The van der Waals surface area contributed by atoms with Crippen LogP contribution >= 0.6 is 0 Å². The average Bonchev–Trinajstić information content (AvgIpc) is 1.62. The van der Waals surface area contributed by atoms with E-state index in [2.05, 4.69) is 0 Å². The molecular formula is C5H9F2NO. The van der Waals surface area contributed by atoms with Crippen LogP contribution in [0.5, 0.6) is 0 Å². The van der Waals surface area contributed by atoms with Crippen molar-refractivity contribution in [3.63, 3.8) is 0 Å². The van der Waals surface area contributed by atoms with Crippen molar-refractivity contribution in [2.45, 2.75) is 18.8 Å². The van der Waals surface area contributed by atoms with Gasteiger partial charge in [-0.2, -0.15) is 0 Å². The minimum Gasteiger partial charge on any atom is -0.317 e. The van der Waals surface area contributed by atoms with E-state index >= 15 is 0 Å². The maximum atomic E-state index is 12.0. The van der Waals surface area contributed by atoms with Gasteiger partial charge < -0.3 is 5.21 Å². The highest BCUT2D eigenvalue weighted by Crippen LogP contribution is 2.41. The molecule has 0 aromatic heterocycles. The molecule has 2 nitrogen and oxygen atoms in total. The van der Waals surface area contributed by atoms with Crippen molar-refractivity contribution >= 4 is 0 Å². The van der Waals surface area contributed by atoms with Crippen LogP contribution in [0.4, 0.5) is 8.78 Å². The molecule has 1 fully saturated rings. The molecule has 0 spiro atoms. The van der Waals surface area contributed by atoms with Crippen molar-refractivity contribution in [2.24, 2.45) is 5.92 Å². The SMILES string of the molecule is ONCC1CC(F)(F)C1. The molecular weight excluding hydrogens is 128 g/mol. The summed E-state index contributed by atoms with van der Waals surface area (Å²) in [6, 6.07) is 0. The molecule has 0 atom stereocenters. The third-order valence-electron chi connectivity index (χ3n) is 1.55. The van der Waals surface area contributed by atoms with Gasteiger partial charge in [0.25, 0.3) is 0 Å². The molecule has 0 aromatic carbocycles. The number of hydrogen-bond donors (Lipinski definition) is 2. The molecule has 0 aliphatic heterocycles. The summed E-state index contributed by atoms with van der Waals surface area (Å²) in [6.45, 7) is 0.287. The normalized spacial score (nSPS) is 25.7. The van der Waals surface area contributed by atoms with E-state index in [-0.39, 0.29) is 25.3 Å². The molecule has 1 rings (SSSR count). The highest BCUT2D eigenvalue weighted by Gasteiger charge is 2.44. The monoisotopic (exact) mass is 137 g/mol. The second kappa shape index (κ2) is 2.19. The molecule has 0 radical (unpaired) electrons. The van der Waals surface area contributed by atoms with Gasteiger partial charge in [0.15, 0.2) is 0 Å². The van der Waals surface area contributed by atoms with Crippen LogP contribution in [0.2, 0.25) is 0 Å². The Morgan fingerprint density at radius 1 is 1.56 bits per heavy atom. The van der Waals surface area contributed by atoms with Crippen LogP contribution in [0.25, 0.3) is 0 Å². The molecule has 0 unspecified atom stereocenters. The molecule has 1 aliphatic carbocycles. The van der Waals surface area contributed by atoms with Gasteiger partial charge in [0.1, 0.15) is 0 Å². The summed E-state index contributed by atoms with van der Waals surface area (Å²) < 4.78 is 24.0. The maximum absolute atomic E-state index is 12.0. The Labute approximate surface area is 51.8 Å². The van der Waals surface area contributed by atoms with Crippen LogP contribution in [0.15, 0.2) is 0 Å². The zero-order valence-corrected chi connectivity index (χ0v) is 4.90. The molecule has 4 heteroatoms. The summed E-state index contributed by atoms with van der Waals surface area (Å²) in [5.41, 5.74) is 1.87. The smallest absolute Gasteiger partial charge is 0.248 e. The van der Waals surface area contributed by atoms with Crippen molar-refractivity contribution in [3.8, 4) is 0 Å². The summed E-state index contributed by atoms with van der Waals surface area (Å²) in [5, 5.41) is 8.08. The summed E-state index contributed by atoms with van der Waals surface area (Å²) in [6.07, 6.45) is -0.166. The van der Waals surface area contributed by atoms with Crippen molar-refractivity contribution in [3.05, 3.63) is 0 Å². The fraction of sp³-hybridized carbons (Fsp3) is 1.00. The van der Waals surface area contributed by atoms with Crippen LogP contribution < -0.4 is 5.48 Å². The second-order valence-electron chi connectivity index (χ2n) is 2.49. The Kier molecular flexibility index (Phi) is 1.68. The Morgan fingerprint density at radius 3 is 2.44 bits per heavy atom. The van der Waals surface area contributed by atoms with Gasteiger partial charge in [0, 0.05) is 19.4 Å². The van der Waals surface area contributed by atoms with Gasteiger partial charge in [-0.25, -0.2) is 14.3 Å². The first-order valence-electron chi connectivity index (χ1n) is 2.89. The molecule has 0 saturated heterocycles. The quantitative estimate of drug-likeness (QED) is 0.557. The highest BCUT2D eigenvalue weighted by molar-refractivity contribution is 4.86. The van der Waals surface area contributed by atoms with Gasteiger partial charge in [-0.15, -0.1) is 0 Å². The topological polar surface area (TPSA) is 32.3 Å². The lowest BCUT2D eigenvalue weighted by Gasteiger charge is -2.34. The lowest BCUT2D eigenvalue weighted by molar-refractivity contribution is -0.114. The zero-order chi connectivity index (χ0) is 6.91. The van der Waals surface area contributed by atoms with Crippen LogP contribution in [-0.2, 0) is 0 Å². The second-order valence-corrected chi connectivity index (χ2v) is 2.49. The van der Waals surface area contributed by atoms with E-state index in [1.165, 1.54) is 0 Å². The van der Waals surface area contributed by atoms with E-state index in [9.17, 15) is 8.78 Å². The van der Waals surface area contributed by atoms with Gasteiger partial charge in [-0.05, 0) is 5.92 Å². The highest BCUT2D eigenvalue weighted by atomic mass is 19.3. The van der Waals surface area contributed by atoms with Gasteiger partial charge >= 0.3 is 0 Å². The summed E-state index contributed by atoms with van der Waals surface area (Å²) in [7, 11) is 0. The summed E-state index contributed by atoms with van der Waals surface area (Å²) >= 11 is 0. The molecule has 1 saturated carbocycles. The average molecular weight is 137 g/mol. The van der Waals surface area contributed by atoms with E-state index < -0.39 is 5.92 Å². The molecule has 2 N–H and O–H groups in total. The first kappa shape index (κ1) is 6.89. The van der Waals surface area contributed by atoms with Crippen molar-refractivity contribution < 1.29 is 14.0 Å². The van der Waals surface area contributed by atoms with E-state index in [1.54, 1.807) is 0 Å².